The monoisotopic (exact) mass is 399 g/mol. The minimum atomic E-state index is -0.507. The molecule has 24 heavy (non-hydrogen) atoms. The fraction of sp³-hybridized carbons (Fsp3) is 0.235. The van der Waals surface area contributed by atoms with Crippen molar-refractivity contribution in [2.75, 3.05) is 26.0 Å². The number of likely N-dealkylation sites (N-methyl/N-ethyl adjacent to an activating group) is 1. The van der Waals surface area contributed by atoms with E-state index in [1.165, 1.54) is 25.3 Å². The molecule has 128 valence electrons. The molecule has 0 aromatic heterocycles. The Kier molecular flexibility index (Phi) is 6.28. The van der Waals surface area contributed by atoms with Gasteiger partial charge in [-0.25, -0.2) is 8.78 Å². The summed E-state index contributed by atoms with van der Waals surface area (Å²) in [6.07, 6.45) is 0. The first kappa shape index (κ1) is 18.4. The number of carbonyl (C=O) groups excluding carboxylic acids is 1. The van der Waals surface area contributed by atoms with E-state index in [2.05, 4.69) is 21.2 Å². The lowest BCUT2D eigenvalue weighted by Gasteiger charge is -2.14. The van der Waals surface area contributed by atoms with Crippen molar-refractivity contribution in [3.8, 4) is 5.75 Å². The second-order valence-electron chi connectivity index (χ2n) is 5.45. The first-order valence-corrected chi connectivity index (χ1v) is 8.07. The Balaban J connectivity index is 1.92. The van der Waals surface area contributed by atoms with Crippen LogP contribution in [0.4, 0.5) is 14.5 Å². The molecule has 2 aromatic rings. The highest BCUT2D eigenvalue weighted by Gasteiger charge is 2.14. The van der Waals surface area contributed by atoms with Crippen molar-refractivity contribution in [2.45, 2.75) is 6.54 Å². The molecular weight excluding hydrogens is 382 g/mol. The zero-order valence-electron chi connectivity index (χ0n) is 13.3. The zero-order valence-corrected chi connectivity index (χ0v) is 14.9. The van der Waals surface area contributed by atoms with Crippen LogP contribution in [-0.4, -0.2) is 26.6 Å². The van der Waals surface area contributed by atoms with Crippen molar-refractivity contribution in [1.82, 2.24) is 0 Å². The standard InChI is InChI=1S/C17H17BrF2N2O2/c1-22(9-11-3-6-16(24-2)14(20)7-11)10-17(23)21-15-5-4-12(18)8-13(15)19/h3-8H,9-10H2,1-2H3,(H,21,23)/p+1. The van der Waals surface area contributed by atoms with Gasteiger partial charge < -0.3 is 15.0 Å². The predicted molar refractivity (Wildman–Crippen MR) is 91.1 cm³/mol. The fourth-order valence-electron chi connectivity index (χ4n) is 2.29. The summed E-state index contributed by atoms with van der Waals surface area (Å²) in [5, 5.41) is 2.53. The minimum Gasteiger partial charge on any atom is -0.494 e. The van der Waals surface area contributed by atoms with Gasteiger partial charge in [-0.15, -0.1) is 0 Å². The van der Waals surface area contributed by atoms with Crippen molar-refractivity contribution in [3.63, 3.8) is 0 Å². The Labute approximate surface area is 147 Å². The minimum absolute atomic E-state index is 0.128. The largest absolute Gasteiger partial charge is 0.494 e. The van der Waals surface area contributed by atoms with Gasteiger partial charge in [-0.05, 0) is 36.4 Å². The molecule has 0 aliphatic carbocycles. The zero-order chi connectivity index (χ0) is 17.7. The average molecular weight is 400 g/mol. The number of carbonyl (C=O) groups is 1. The van der Waals surface area contributed by atoms with E-state index in [1.807, 2.05) is 0 Å². The number of anilines is 1. The second-order valence-corrected chi connectivity index (χ2v) is 6.37. The maximum atomic E-state index is 13.7. The van der Waals surface area contributed by atoms with Crippen LogP contribution in [0.5, 0.6) is 5.75 Å². The smallest absolute Gasteiger partial charge is 0.279 e. The van der Waals surface area contributed by atoms with Gasteiger partial charge in [-0.3, -0.25) is 4.79 Å². The van der Waals surface area contributed by atoms with Crippen LogP contribution < -0.4 is 15.0 Å². The Morgan fingerprint density at radius 2 is 1.96 bits per heavy atom. The molecule has 0 saturated heterocycles. The topological polar surface area (TPSA) is 42.8 Å². The molecular formula is C17H18BrF2N2O2+. The lowest BCUT2D eigenvalue weighted by molar-refractivity contribution is -0.885. The summed E-state index contributed by atoms with van der Waals surface area (Å²) in [5.41, 5.74) is 0.875. The summed E-state index contributed by atoms with van der Waals surface area (Å²) in [5.74, 6) is -1.08. The molecule has 0 aliphatic rings. The Bertz CT molecular complexity index is 741. The van der Waals surface area contributed by atoms with E-state index >= 15 is 0 Å². The molecule has 0 fully saturated rings. The molecule has 0 aliphatic heterocycles. The number of quaternary nitrogens is 1. The van der Waals surface area contributed by atoms with Gasteiger partial charge in [0, 0.05) is 10.0 Å². The van der Waals surface area contributed by atoms with Gasteiger partial charge in [0.2, 0.25) is 0 Å². The van der Waals surface area contributed by atoms with Gasteiger partial charge in [-0.2, -0.15) is 0 Å². The van der Waals surface area contributed by atoms with Gasteiger partial charge >= 0.3 is 0 Å². The third kappa shape index (κ3) is 5.01. The molecule has 2 rings (SSSR count). The highest BCUT2D eigenvalue weighted by Crippen LogP contribution is 2.19. The summed E-state index contributed by atoms with van der Waals surface area (Å²) in [6.45, 7) is 0.584. The van der Waals surface area contributed by atoms with Crippen LogP contribution in [0.15, 0.2) is 40.9 Å². The third-order valence-electron chi connectivity index (χ3n) is 3.39. The summed E-state index contributed by atoms with van der Waals surface area (Å²) in [7, 11) is 3.21. The average Bonchev–Trinajstić information content (AvgIpc) is 2.50. The molecule has 0 heterocycles. The molecule has 0 bridgehead atoms. The molecule has 0 spiro atoms. The van der Waals surface area contributed by atoms with Gasteiger partial charge in [0.1, 0.15) is 12.4 Å². The van der Waals surface area contributed by atoms with Crippen LogP contribution in [0.3, 0.4) is 0 Å². The van der Waals surface area contributed by atoms with Gasteiger partial charge in [0.05, 0.1) is 19.8 Å². The number of rotatable bonds is 6. The Morgan fingerprint density at radius 1 is 1.21 bits per heavy atom. The number of ether oxygens (including phenoxy) is 1. The number of nitrogens with one attached hydrogen (secondary N) is 2. The van der Waals surface area contributed by atoms with Crippen molar-refractivity contribution >= 4 is 27.5 Å². The van der Waals surface area contributed by atoms with E-state index in [0.29, 0.717) is 11.0 Å². The lowest BCUT2D eigenvalue weighted by atomic mass is 10.2. The molecule has 1 atom stereocenters. The number of benzene rings is 2. The highest BCUT2D eigenvalue weighted by molar-refractivity contribution is 9.10. The Hall–Kier alpha value is -1.99. The van der Waals surface area contributed by atoms with Crippen molar-refractivity contribution in [2.24, 2.45) is 0 Å². The van der Waals surface area contributed by atoms with E-state index in [-0.39, 0.29) is 23.9 Å². The molecule has 1 amide bonds. The molecule has 0 saturated carbocycles. The van der Waals surface area contributed by atoms with Crippen LogP contribution in [0.1, 0.15) is 5.56 Å². The number of hydrogen-bond donors (Lipinski definition) is 2. The Morgan fingerprint density at radius 3 is 2.58 bits per heavy atom. The van der Waals surface area contributed by atoms with Gasteiger partial charge in [0.25, 0.3) is 5.91 Å². The molecule has 7 heteroatoms. The highest BCUT2D eigenvalue weighted by atomic mass is 79.9. The summed E-state index contributed by atoms with van der Waals surface area (Å²) < 4.78 is 32.8. The summed E-state index contributed by atoms with van der Waals surface area (Å²) >= 11 is 3.16. The van der Waals surface area contributed by atoms with Gasteiger partial charge in [0.15, 0.2) is 18.1 Å². The number of halogens is 3. The first-order valence-electron chi connectivity index (χ1n) is 7.27. The maximum Gasteiger partial charge on any atom is 0.279 e. The predicted octanol–water partition coefficient (Wildman–Crippen LogP) is 2.39. The van der Waals surface area contributed by atoms with E-state index in [9.17, 15) is 13.6 Å². The van der Waals surface area contributed by atoms with Crippen molar-refractivity contribution in [3.05, 3.63) is 58.1 Å². The van der Waals surface area contributed by atoms with Crippen LogP contribution in [-0.2, 0) is 11.3 Å². The normalized spacial score (nSPS) is 11.9. The van der Waals surface area contributed by atoms with Crippen molar-refractivity contribution < 1.29 is 23.2 Å². The van der Waals surface area contributed by atoms with E-state index < -0.39 is 11.6 Å². The number of amides is 1. The number of methoxy groups -OCH3 is 1. The molecule has 2 aromatic carbocycles. The summed E-state index contributed by atoms with van der Waals surface area (Å²) in [6, 6.07) is 9.11. The van der Waals surface area contributed by atoms with E-state index in [0.717, 1.165) is 10.5 Å². The fourth-order valence-corrected chi connectivity index (χ4v) is 2.62. The second kappa shape index (κ2) is 8.21. The van der Waals surface area contributed by atoms with Crippen LogP contribution in [0.25, 0.3) is 0 Å². The molecule has 2 N–H and O–H groups in total. The van der Waals surface area contributed by atoms with Gasteiger partial charge in [-0.1, -0.05) is 15.9 Å². The van der Waals surface area contributed by atoms with E-state index in [4.69, 9.17) is 4.74 Å². The third-order valence-corrected chi connectivity index (χ3v) is 3.88. The maximum absolute atomic E-state index is 13.7. The number of hydrogen-bond acceptors (Lipinski definition) is 2. The van der Waals surface area contributed by atoms with E-state index in [1.54, 1.807) is 25.2 Å². The van der Waals surface area contributed by atoms with Crippen LogP contribution >= 0.6 is 15.9 Å². The molecule has 1 unspecified atom stereocenters. The quantitative estimate of drug-likeness (QED) is 0.782. The first-order chi connectivity index (χ1) is 11.4. The van der Waals surface area contributed by atoms with Crippen LogP contribution in [0.2, 0.25) is 0 Å². The van der Waals surface area contributed by atoms with Crippen LogP contribution in [0, 0.1) is 11.6 Å². The lowest BCUT2D eigenvalue weighted by Crippen LogP contribution is -3.08. The SMILES string of the molecule is COc1ccc(C[NH+](C)CC(=O)Nc2ccc(Br)cc2F)cc1F. The van der Waals surface area contributed by atoms with Crippen molar-refractivity contribution in [1.29, 1.82) is 0 Å². The molecule has 0 radical (unpaired) electrons. The molecule has 4 nitrogen and oxygen atoms in total. The summed E-state index contributed by atoms with van der Waals surface area (Å²) in [4.78, 5) is 12.9.